The van der Waals surface area contributed by atoms with Gasteiger partial charge < -0.3 is 5.11 Å². The molecule has 1 N–H and O–H groups in total. The van der Waals surface area contributed by atoms with Gasteiger partial charge in [0, 0.05) is 23.7 Å². The molecular weight excluding hydrogens is 202 g/mol. The van der Waals surface area contributed by atoms with E-state index in [0.29, 0.717) is 5.92 Å². The number of aliphatic hydroxyl groups excluding tert-OH is 1. The molecule has 84 valence electrons. The first-order chi connectivity index (χ1) is 7.72. The molecule has 0 aliphatic carbocycles. The minimum absolute atomic E-state index is 0.0895. The van der Waals surface area contributed by atoms with Gasteiger partial charge >= 0.3 is 0 Å². The molecule has 0 unspecified atom stereocenters. The molecule has 4 nitrogen and oxygen atoms in total. The summed E-state index contributed by atoms with van der Waals surface area (Å²) in [5, 5.41) is 13.6. The van der Waals surface area contributed by atoms with Crippen molar-refractivity contribution in [3.8, 4) is 11.3 Å². The molecule has 0 fully saturated rings. The smallest absolute Gasteiger partial charge is 0.136 e. The average Bonchev–Trinajstić information content (AvgIpc) is 2.74. The van der Waals surface area contributed by atoms with E-state index in [1.807, 2.05) is 18.2 Å². The first-order valence-electron chi connectivity index (χ1n) is 5.31. The average molecular weight is 217 g/mol. The molecule has 2 heterocycles. The Morgan fingerprint density at radius 2 is 2.25 bits per heavy atom. The molecule has 0 amide bonds. The van der Waals surface area contributed by atoms with Crippen LogP contribution >= 0.6 is 0 Å². The van der Waals surface area contributed by atoms with Crippen molar-refractivity contribution >= 4 is 0 Å². The molecule has 0 aromatic carbocycles. The van der Waals surface area contributed by atoms with E-state index in [0.717, 1.165) is 17.0 Å². The van der Waals surface area contributed by atoms with Crippen LogP contribution in [-0.2, 0) is 6.73 Å². The van der Waals surface area contributed by atoms with Gasteiger partial charge in [-0.15, -0.1) is 0 Å². The van der Waals surface area contributed by atoms with E-state index in [9.17, 15) is 5.11 Å². The molecule has 0 saturated carbocycles. The summed E-state index contributed by atoms with van der Waals surface area (Å²) in [5.41, 5.74) is 2.85. The molecule has 2 aromatic heterocycles. The lowest BCUT2D eigenvalue weighted by atomic mass is 10.1. The summed E-state index contributed by atoms with van der Waals surface area (Å²) in [6, 6.07) is 5.83. The Labute approximate surface area is 94.6 Å². The van der Waals surface area contributed by atoms with E-state index in [1.54, 1.807) is 17.1 Å². The summed E-state index contributed by atoms with van der Waals surface area (Å²) in [4.78, 5) is 4.06. The van der Waals surface area contributed by atoms with E-state index in [4.69, 9.17) is 0 Å². The largest absolute Gasteiger partial charge is 0.374 e. The molecule has 0 atom stereocenters. The van der Waals surface area contributed by atoms with Gasteiger partial charge in [-0.05, 0) is 24.1 Å². The zero-order valence-electron chi connectivity index (χ0n) is 9.46. The Bertz CT molecular complexity index is 462. The Kier molecular flexibility index (Phi) is 3.01. The molecule has 4 heteroatoms. The highest BCUT2D eigenvalue weighted by Crippen LogP contribution is 2.22. The van der Waals surface area contributed by atoms with Gasteiger partial charge in [0.2, 0.25) is 0 Å². The van der Waals surface area contributed by atoms with E-state index < -0.39 is 0 Å². The van der Waals surface area contributed by atoms with E-state index in [1.165, 1.54) is 0 Å². The van der Waals surface area contributed by atoms with Crippen molar-refractivity contribution in [2.24, 2.45) is 0 Å². The second-order valence-electron chi connectivity index (χ2n) is 3.99. The number of nitrogens with zero attached hydrogens (tertiary/aromatic N) is 3. The lowest BCUT2D eigenvalue weighted by Crippen LogP contribution is -2.05. The Morgan fingerprint density at radius 3 is 2.75 bits per heavy atom. The number of hydrogen-bond acceptors (Lipinski definition) is 3. The normalized spacial score (nSPS) is 11.0. The molecule has 0 aliphatic heterocycles. The number of rotatable bonds is 3. The van der Waals surface area contributed by atoms with Gasteiger partial charge in [-0.3, -0.25) is 4.98 Å². The molecule has 0 aliphatic rings. The highest BCUT2D eigenvalue weighted by atomic mass is 16.3. The third kappa shape index (κ3) is 1.97. The predicted molar refractivity (Wildman–Crippen MR) is 61.8 cm³/mol. The second kappa shape index (κ2) is 4.45. The number of aromatic nitrogens is 3. The summed E-state index contributed by atoms with van der Waals surface area (Å²) in [6.07, 6.45) is 3.50. The maximum absolute atomic E-state index is 9.21. The number of aliphatic hydroxyl groups is 1. The summed E-state index contributed by atoms with van der Waals surface area (Å²) in [5.74, 6) is 0.338. The third-order valence-electron chi connectivity index (χ3n) is 2.49. The van der Waals surface area contributed by atoms with Crippen LogP contribution in [0, 0.1) is 0 Å². The molecule has 16 heavy (non-hydrogen) atoms. The van der Waals surface area contributed by atoms with Crippen LogP contribution in [0.25, 0.3) is 11.3 Å². The van der Waals surface area contributed by atoms with Gasteiger partial charge in [-0.2, -0.15) is 5.10 Å². The summed E-state index contributed by atoms with van der Waals surface area (Å²) in [6.45, 7) is 4.07. The summed E-state index contributed by atoms with van der Waals surface area (Å²) >= 11 is 0. The summed E-state index contributed by atoms with van der Waals surface area (Å²) in [7, 11) is 0. The minimum atomic E-state index is -0.0895. The molecule has 0 radical (unpaired) electrons. The maximum Gasteiger partial charge on any atom is 0.136 e. The lowest BCUT2D eigenvalue weighted by molar-refractivity contribution is 0.190. The van der Waals surface area contributed by atoms with Crippen LogP contribution in [0.2, 0.25) is 0 Å². The molecular formula is C12H15N3O. The maximum atomic E-state index is 9.21. The SMILES string of the molecule is CC(C)c1cc(-c2cccnc2)nn1CO. The van der Waals surface area contributed by atoms with Crippen LogP contribution in [-0.4, -0.2) is 19.9 Å². The van der Waals surface area contributed by atoms with E-state index >= 15 is 0 Å². The fourth-order valence-corrected chi connectivity index (χ4v) is 1.66. The predicted octanol–water partition coefficient (Wildman–Crippen LogP) is 2.02. The molecule has 0 saturated heterocycles. The van der Waals surface area contributed by atoms with Gasteiger partial charge in [0.25, 0.3) is 0 Å². The van der Waals surface area contributed by atoms with Crippen molar-refractivity contribution in [3.05, 3.63) is 36.3 Å². The second-order valence-corrected chi connectivity index (χ2v) is 3.99. The van der Waals surface area contributed by atoms with Crippen LogP contribution in [0.1, 0.15) is 25.5 Å². The molecule has 2 aromatic rings. The van der Waals surface area contributed by atoms with Gasteiger partial charge in [0.1, 0.15) is 6.73 Å². The van der Waals surface area contributed by atoms with Crippen molar-refractivity contribution in [2.75, 3.05) is 0 Å². The fourth-order valence-electron chi connectivity index (χ4n) is 1.66. The third-order valence-corrected chi connectivity index (χ3v) is 2.49. The molecule has 2 rings (SSSR count). The fraction of sp³-hybridized carbons (Fsp3) is 0.333. The first kappa shape index (κ1) is 10.8. The Hall–Kier alpha value is -1.68. The standard InChI is InChI=1S/C12H15N3O/c1-9(2)12-6-11(14-15(12)8-16)10-4-3-5-13-7-10/h3-7,9,16H,8H2,1-2H3. The van der Waals surface area contributed by atoms with Gasteiger partial charge in [-0.1, -0.05) is 13.8 Å². The molecule has 0 spiro atoms. The Morgan fingerprint density at radius 1 is 1.44 bits per heavy atom. The lowest BCUT2D eigenvalue weighted by Gasteiger charge is -2.05. The van der Waals surface area contributed by atoms with Crippen molar-refractivity contribution in [1.29, 1.82) is 0 Å². The number of hydrogen-bond donors (Lipinski definition) is 1. The van der Waals surface area contributed by atoms with Crippen LogP contribution in [0.3, 0.4) is 0 Å². The van der Waals surface area contributed by atoms with Crippen LogP contribution in [0.4, 0.5) is 0 Å². The highest BCUT2D eigenvalue weighted by Gasteiger charge is 2.11. The van der Waals surface area contributed by atoms with Crippen molar-refractivity contribution in [3.63, 3.8) is 0 Å². The zero-order valence-corrected chi connectivity index (χ0v) is 9.46. The van der Waals surface area contributed by atoms with Crippen LogP contribution in [0.15, 0.2) is 30.6 Å². The van der Waals surface area contributed by atoms with Crippen molar-refractivity contribution in [1.82, 2.24) is 14.8 Å². The highest BCUT2D eigenvalue weighted by molar-refractivity contribution is 5.58. The van der Waals surface area contributed by atoms with Crippen molar-refractivity contribution < 1.29 is 5.11 Å². The number of pyridine rings is 1. The Balaban J connectivity index is 2.44. The first-order valence-corrected chi connectivity index (χ1v) is 5.31. The van der Waals surface area contributed by atoms with E-state index in [2.05, 4.69) is 23.9 Å². The topological polar surface area (TPSA) is 50.9 Å². The monoisotopic (exact) mass is 217 g/mol. The van der Waals surface area contributed by atoms with E-state index in [-0.39, 0.29) is 6.73 Å². The van der Waals surface area contributed by atoms with Gasteiger partial charge in [0.15, 0.2) is 0 Å². The molecule has 0 bridgehead atoms. The van der Waals surface area contributed by atoms with Crippen LogP contribution < -0.4 is 0 Å². The quantitative estimate of drug-likeness (QED) is 0.855. The summed E-state index contributed by atoms with van der Waals surface area (Å²) < 4.78 is 1.62. The van der Waals surface area contributed by atoms with Gasteiger partial charge in [0.05, 0.1) is 5.69 Å². The zero-order chi connectivity index (χ0) is 11.5. The van der Waals surface area contributed by atoms with Crippen LogP contribution in [0.5, 0.6) is 0 Å². The van der Waals surface area contributed by atoms with Gasteiger partial charge in [-0.25, -0.2) is 4.68 Å². The van der Waals surface area contributed by atoms with Crippen molar-refractivity contribution in [2.45, 2.75) is 26.5 Å². The minimum Gasteiger partial charge on any atom is -0.374 e.